The minimum absolute atomic E-state index is 0.0201. The first-order chi connectivity index (χ1) is 8.16. The lowest BCUT2D eigenvalue weighted by atomic mass is 10.1. The van der Waals surface area contributed by atoms with Gasteiger partial charge in [0.2, 0.25) is 0 Å². The van der Waals surface area contributed by atoms with E-state index < -0.39 is 0 Å². The van der Waals surface area contributed by atoms with Crippen molar-refractivity contribution in [3.63, 3.8) is 0 Å². The Morgan fingerprint density at radius 2 is 2.35 bits per heavy atom. The van der Waals surface area contributed by atoms with Gasteiger partial charge in [-0.15, -0.1) is 0 Å². The van der Waals surface area contributed by atoms with Crippen LogP contribution in [0.4, 0.5) is 0 Å². The molecule has 0 bridgehead atoms. The number of carbonyl (C=O) groups excluding carboxylic acids is 1. The van der Waals surface area contributed by atoms with E-state index >= 15 is 0 Å². The van der Waals surface area contributed by atoms with Crippen LogP contribution in [0.2, 0.25) is 5.02 Å². The van der Waals surface area contributed by atoms with Gasteiger partial charge in [0.15, 0.2) is 0 Å². The molecule has 1 aromatic rings. The van der Waals surface area contributed by atoms with Crippen molar-refractivity contribution in [1.82, 2.24) is 10.6 Å². The van der Waals surface area contributed by atoms with Gasteiger partial charge in [-0.2, -0.15) is 0 Å². The number of piperidine rings is 1. The van der Waals surface area contributed by atoms with Crippen LogP contribution in [0.15, 0.2) is 18.2 Å². The molecule has 1 aliphatic rings. The minimum atomic E-state index is -0.0201. The summed E-state index contributed by atoms with van der Waals surface area (Å²) in [7, 11) is 0. The van der Waals surface area contributed by atoms with Gasteiger partial charge < -0.3 is 10.6 Å². The maximum Gasteiger partial charge on any atom is 0.251 e. The van der Waals surface area contributed by atoms with E-state index in [4.69, 9.17) is 11.6 Å². The van der Waals surface area contributed by atoms with Crippen molar-refractivity contribution >= 4 is 40.1 Å². The lowest BCUT2D eigenvalue weighted by Crippen LogP contribution is -2.45. The molecule has 1 aromatic carbocycles. The average Bonchev–Trinajstić information content (AvgIpc) is 2.34. The van der Waals surface area contributed by atoms with Crippen molar-refractivity contribution in [2.45, 2.75) is 18.9 Å². The predicted molar refractivity (Wildman–Crippen MR) is 77.5 cm³/mol. The van der Waals surface area contributed by atoms with Crippen LogP contribution in [0, 0.1) is 3.57 Å². The van der Waals surface area contributed by atoms with Crippen LogP contribution >= 0.6 is 34.2 Å². The molecule has 0 spiro atoms. The van der Waals surface area contributed by atoms with Gasteiger partial charge in [0, 0.05) is 21.7 Å². The molecule has 0 aromatic heterocycles. The molecular weight excluding hydrogens is 351 g/mol. The Kier molecular flexibility index (Phi) is 4.64. The Balaban J connectivity index is 2.01. The van der Waals surface area contributed by atoms with Gasteiger partial charge in [-0.1, -0.05) is 11.6 Å². The third-order valence-corrected chi connectivity index (χ3v) is 4.35. The van der Waals surface area contributed by atoms with Crippen LogP contribution in [-0.2, 0) is 0 Å². The summed E-state index contributed by atoms with van der Waals surface area (Å²) in [6, 6.07) is 5.58. The average molecular weight is 365 g/mol. The van der Waals surface area contributed by atoms with Gasteiger partial charge >= 0.3 is 0 Å². The van der Waals surface area contributed by atoms with E-state index in [0.717, 1.165) is 29.5 Å². The summed E-state index contributed by atoms with van der Waals surface area (Å²) >= 11 is 8.06. The van der Waals surface area contributed by atoms with Gasteiger partial charge in [0.25, 0.3) is 5.91 Å². The Morgan fingerprint density at radius 3 is 3.00 bits per heavy atom. The van der Waals surface area contributed by atoms with Crippen LogP contribution in [-0.4, -0.2) is 25.0 Å². The summed E-state index contributed by atoms with van der Waals surface area (Å²) in [6.45, 7) is 1.90. The maximum atomic E-state index is 12.0. The van der Waals surface area contributed by atoms with Crippen molar-refractivity contribution in [2.24, 2.45) is 0 Å². The summed E-state index contributed by atoms with van der Waals surface area (Å²) in [5, 5.41) is 6.99. The molecule has 2 rings (SSSR count). The molecule has 1 saturated heterocycles. The maximum absolute atomic E-state index is 12.0. The summed E-state index contributed by atoms with van der Waals surface area (Å²) in [5.41, 5.74) is 0.671. The fourth-order valence-corrected chi connectivity index (χ4v) is 2.51. The predicted octanol–water partition coefficient (Wildman–Crippen LogP) is 2.43. The van der Waals surface area contributed by atoms with Gasteiger partial charge in [0.1, 0.15) is 0 Å². The molecule has 92 valence electrons. The second-order valence-electron chi connectivity index (χ2n) is 4.15. The molecule has 17 heavy (non-hydrogen) atoms. The van der Waals surface area contributed by atoms with Crippen LogP contribution in [0.5, 0.6) is 0 Å². The number of benzene rings is 1. The number of hydrogen-bond donors (Lipinski definition) is 2. The lowest BCUT2D eigenvalue weighted by molar-refractivity contribution is 0.0930. The highest BCUT2D eigenvalue weighted by Crippen LogP contribution is 2.19. The molecule has 2 N–H and O–H groups in total. The Hall–Kier alpha value is -0.330. The van der Waals surface area contributed by atoms with Crippen molar-refractivity contribution in [2.75, 3.05) is 13.1 Å². The number of nitrogens with one attached hydrogen (secondary N) is 2. The quantitative estimate of drug-likeness (QED) is 0.792. The normalized spacial score (nSPS) is 20.0. The molecule has 1 amide bonds. The topological polar surface area (TPSA) is 41.1 Å². The van der Waals surface area contributed by atoms with Gasteiger partial charge in [-0.25, -0.2) is 0 Å². The SMILES string of the molecule is O=C(NC1CCCNC1)c1ccc(Cl)c(I)c1. The highest BCUT2D eigenvalue weighted by Gasteiger charge is 2.16. The summed E-state index contributed by atoms with van der Waals surface area (Å²) < 4.78 is 0.902. The van der Waals surface area contributed by atoms with Gasteiger partial charge in [-0.3, -0.25) is 4.79 Å². The zero-order valence-corrected chi connectivity index (χ0v) is 12.2. The first-order valence-electron chi connectivity index (χ1n) is 5.63. The van der Waals surface area contributed by atoms with Crippen LogP contribution in [0.25, 0.3) is 0 Å². The molecule has 0 radical (unpaired) electrons. The zero-order valence-electron chi connectivity index (χ0n) is 9.30. The smallest absolute Gasteiger partial charge is 0.251 e. The fraction of sp³-hybridized carbons (Fsp3) is 0.417. The molecule has 1 heterocycles. The second-order valence-corrected chi connectivity index (χ2v) is 5.72. The molecule has 0 aliphatic carbocycles. The molecule has 1 atom stereocenters. The summed E-state index contributed by atoms with van der Waals surface area (Å²) in [5.74, 6) is -0.0201. The van der Waals surface area contributed by atoms with Gasteiger partial charge in [0.05, 0.1) is 5.02 Å². The van der Waals surface area contributed by atoms with E-state index in [1.54, 1.807) is 12.1 Å². The summed E-state index contributed by atoms with van der Waals surface area (Å²) in [4.78, 5) is 12.0. The molecule has 5 heteroatoms. The van der Waals surface area contributed by atoms with Crippen molar-refractivity contribution in [3.05, 3.63) is 32.4 Å². The van der Waals surface area contributed by atoms with Crippen molar-refractivity contribution < 1.29 is 4.79 Å². The number of rotatable bonds is 2. The molecular formula is C12H14ClIN2O. The number of carbonyl (C=O) groups is 1. The first-order valence-corrected chi connectivity index (χ1v) is 7.09. The van der Waals surface area contributed by atoms with Crippen molar-refractivity contribution in [1.29, 1.82) is 0 Å². The van der Waals surface area contributed by atoms with E-state index in [1.165, 1.54) is 0 Å². The molecule has 1 aliphatic heterocycles. The third kappa shape index (κ3) is 3.56. The van der Waals surface area contributed by atoms with Crippen LogP contribution < -0.4 is 10.6 Å². The molecule has 1 fully saturated rings. The molecule has 3 nitrogen and oxygen atoms in total. The van der Waals surface area contributed by atoms with Gasteiger partial charge in [-0.05, 0) is 60.2 Å². The minimum Gasteiger partial charge on any atom is -0.348 e. The Labute approximate surface area is 119 Å². The fourth-order valence-electron chi connectivity index (χ4n) is 1.88. The number of hydrogen-bond acceptors (Lipinski definition) is 2. The first kappa shape index (κ1) is 13.1. The van der Waals surface area contributed by atoms with E-state index in [9.17, 15) is 4.79 Å². The monoisotopic (exact) mass is 364 g/mol. The largest absolute Gasteiger partial charge is 0.348 e. The molecule has 1 unspecified atom stereocenters. The number of halogens is 2. The Morgan fingerprint density at radius 1 is 1.53 bits per heavy atom. The Bertz CT molecular complexity index is 419. The number of amides is 1. The summed E-state index contributed by atoms with van der Waals surface area (Å²) in [6.07, 6.45) is 2.16. The highest BCUT2D eigenvalue weighted by atomic mass is 127. The van der Waals surface area contributed by atoms with E-state index in [2.05, 4.69) is 33.2 Å². The zero-order chi connectivity index (χ0) is 12.3. The van der Waals surface area contributed by atoms with E-state index in [-0.39, 0.29) is 11.9 Å². The second kappa shape index (κ2) is 6.02. The standard InChI is InChI=1S/C12H14ClIN2O/c13-10-4-3-8(6-11(10)14)12(17)16-9-2-1-5-15-7-9/h3-4,6,9,15H,1-2,5,7H2,(H,16,17). The van der Waals surface area contributed by atoms with Crippen LogP contribution in [0.3, 0.4) is 0 Å². The highest BCUT2D eigenvalue weighted by molar-refractivity contribution is 14.1. The molecule has 0 saturated carbocycles. The van der Waals surface area contributed by atoms with Crippen LogP contribution in [0.1, 0.15) is 23.2 Å². The van der Waals surface area contributed by atoms with E-state index in [0.29, 0.717) is 10.6 Å². The lowest BCUT2D eigenvalue weighted by Gasteiger charge is -2.23. The van der Waals surface area contributed by atoms with Crippen molar-refractivity contribution in [3.8, 4) is 0 Å². The van der Waals surface area contributed by atoms with E-state index in [1.807, 2.05) is 6.07 Å². The third-order valence-electron chi connectivity index (χ3n) is 2.81.